The Kier molecular flexibility index (Phi) is 0.922. The van der Waals surface area contributed by atoms with Crippen LogP contribution in [0, 0.1) is 0 Å². The van der Waals surface area contributed by atoms with Gasteiger partial charge in [-0.1, -0.05) is 42.5 Å². The van der Waals surface area contributed by atoms with Crippen molar-refractivity contribution in [2.45, 2.75) is 5.92 Å². The molecule has 0 saturated carbocycles. The fourth-order valence-corrected chi connectivity index (χ4v) is 0.953. The highest BCUT2D eigenvalue weighted by molar-refractivity contribution is 5.37. The molecule has 0 aromatic heterocycles. The monoisotopic (exact) mass is 116 g/mol. The molecule has 44 valence electrons. The maximum Gasteiger partial charge on any atom is 0.0199 e. The molecule has 0 aliphatic heterocycles. The van der Waals surface area contributed by atoms with Gasteiger partial charge in [0.05, 0.1) is 0 Å². The zero-order valence-corrected chi connectivity index (χ0v) is 5.12. The highest BCUT2D eigenvalue weighted by Gasteiger charge is 2.11. The van der Waals surface area contributed by atoms with Crippen LogP contribution in [0.15, 0.2) is 42.5 Å². The van der Waals surface area contributed by atoms with E-state index < -0.39 is 0 Å². The summed E-state index contributed by atoms with van der Waals surface area (Å²) >= 11 is 0. The normalized spacial score (nSPS) is 16.0. The van der Waals surface area contributed by atoms with Crippen molar-refractivity contribution < 1.29 is 0 Å². The Morgan fingerprint density at radius 1 is 0.889 bits per heavy atom. The second-order valence-corrected chi connectivity index (χ2v) is 2.32. The van der Waals surface area contributed by atoms with Crippen LogP contribution in [0.2, 0.25) is 0 Å². The molecule has 0 heterocycles. The van der Waals surface area contributed by atoms with Crippen molar-refractivity contribution in [2.75, 3.05) is 0 Å². The van der Waals surface area contributed by atoms with E-state index in [2.05, 4.69) is 36.4 Å². The summed E-state index contributed by atoms with van der Waals surface area (Å²) in [6.45, 7) is 0. The summed E-state index contributed by atoms with van der Waals surface area (Å²) in [5, 5.41) is 0. The molecule has 0 N–H and O–H groups in total. The fourth-order valence-electron chi connectivity index (χ4n) is 0.953. The molecule has 0 amide bonds. The molecule has 9 heavy (non-hydrogen) atoms. The first-order valence-electron chi connectivity index (χ1n) is 3.20. The molecule has 0 atom stereocenters. The van der Waals surface area contributed by atoms with Gasteiger partial charge in [0.2, 0.25) is 0 Å². The van der Waals surface area contributed by atoms with E-state index in [-0.39, 0.29) is 0 Å². The van der Waals surface area contributed by atoms with Crippen LogP contribution < -0.4 is 0 Å². The highest BCUT2D eigenvalue weighted by atomic mass is 14.2. The number of allylic oxidation sites excluding steroid dienone is 2. The van der Waals surface area contributed by atoms with E-state index in [1.54, 1.807) is 0 Å². The lowest BCUT2D eigenvalue weighted by molar-refractivity contribution is 1.24. The van der Waals surface area contributed by atoms with Crippen molar-refractivity contribution in [1.82, 2.24) is 0 Å². The second-order valence-electron chi connectivity index (χ2n) is 2.32. The Labute approximate surface area is 54.8 Å². The highest BCUT2D eigenvalue weighted by Crippen LogP contribution is 2.28. The average molecular weight is 116 g/mol. The smallest absolute Gasteiger partial charge is 0.0199 e. The third kappa shape index (κ3) is 0.879. The predicted molar refractivity (Wildman–Crippen MR) is 38.3 cm³/mol. The molecular formula is C9H8. The van der Waals surface area contributed by atoms with Gasteiger partial charge in [0.1, 0.15) is 0 Å². The first-order valence-corrected chi connectivity index (χ1v) is 3.20. The van der Waals surface area contributed by atoms with Crippen molar-refractivity contribution in [1.29, 1.82) is 0 Å². The zero-order chi connectivity index (χ0) is 6.10. The van der Waals surface area contributed by atoms with Gasteiger partial charge in [0, 0.05) is 5.92 Å². The van der Waals surface area contributed by atoms with E-state index in [0.29, 0.717) is 5.92 Å². The Bertz CT molecular complexity index is 215. The Morgan fingerprint density at radius 2 is 1.56 bits per heavy atom. The minimum absolute atomic E-state index is 0.659. The molecule has 0 unspecified atom stereocenters. The van der Waals surface area contributed by atoms with E-state index in [0.717, 1.165) is 0 Å². The van der Waals surface area contributed by atoms with Crippen LogP contribution >= 0.6 is 0 Å². The molecule has 0 saturated heterocycles. The largest absolute Gasteiger partial charge is 0.0763 e. The lowest BCUT2D eigenvalue weighted by Gasteiger charge is -1.93. The molecule has 0 nitrogen and oxygen atoms in total. The van der Waals surface area contributed by atoms with Gasteiger partial charge in [0.15, 0.2) is 0 Å². The van der Waals surface area contributed by atoms with E-state index in [4.69, 9.17) is 0 Å². The van der Waals surface area contributed by atoms with Crippen LogP contribution in [0.25, 0.3) is 0 Å². The molecule has 0 radical (unpaired) electrons. The summed E-state index contributed by atoms with van der Waals surface area (Å²) in [5.41, 5.74) is 1.41. The average Bonchev–Trinajstić information content (AvgIpc) is 2.71. The Hall–Kier alpha value is -1.04. The summed E-state index contributed by atoms with van der Waals surface area (Å²) in [6.07, 6.45) is 4.41. The second kappa shape index (κ2) is 1.73. The van der Waals surface area contributed by atoms with Gasteiger partial charge in [-0.15, -0.1) is 0 Å². The number of benzene rings is 1. The predicted octanol–water partition coefficient (Wildman–Crippen LogP) is 2.34. The van der Waals surface area contributed by atoms with Crippen molar-refractivity contribution >= 4 is 0 Å². The first-order chi connectivity index (χ1) is 4.47. The van der Waals surface area contributed by atoms with E-state index in [9.17, 15) is 0 Å². The van der Waals surface area contributed by atoms with E-state index in [1.807, 2.05) is 6.07 Å². The van der Waals surface area contributed by atoms with Crippen LogP contribution in [-0.4, -0.2) is 0 Å². The van der Waals surface area contributed by atoms with Crippen molar-refractivity contribution in [3.63, 3.8) is 0 Å². The van der Waals surface area contributed by atoms with Gasteiger partial charge in [-0.25, -0.2) is 0 Å². The van der Waals surface area contributed by atoms with E-state index >= 15 is 0 Å². The number of hydrogen-bond donors (Lipinski definition) is 0. The maximum atomic E-state index is 2.20. The lowest BCUT2D eigenvalue weighted by atomic mass is 10.1. The molecule has 1 aliphatic rings. The topological polar surface area (TPSA) is 0 Å². The van der Waals surface area contributed by atoms with Crippen molar-refractivity contribution in [2.24, 2.45) is 0 Å². The molecule has 1 aliphatic carbocycles. The van der Waals surface area contributed by atoms with Gasteiger partial charge in [0.25, 0.3) is 0 Å². The van der Waals surface area contributed by atoms with E-state index in [1.165, 1.54) is 5.56 Å². The van der Waals surface area contributed by atoms with Gasteiger partial charge >= 0.3 is 0 Å². The van der Waals surface area contributed by atoms with Crippen LogP contribution in [-0.2, 0) is 0 Å². The summed E-state index contributed by atoms with van der Waals surface area (Å²) in [4.78, 5) is 0. The third-order valence-electron chi connectivity index (χ3n) is 1.57. The minimum atomic E-state index is 0.659. The summed E-state index contributed by atoms with van der Waals surface area (Å²) < 4.78 is 0. The first kappa shape index (κ1) is 4.80. The molecule has 2 rings (SSSR count). The molecule has 0 spiro atoms. The molecule has 0 heteroatoms. The van der Waals surface area contributed by atoms with Gasteiger partial charge in [-0.2, -0.15) is 0 Å². The van der Waals surface area contributed by atoms with Crippen LogP contribution in [0.3, 0.4) is 0 Å². The molecule has 1 aromatic rings. The quantitative estimate of drug-likeness (QED) is 0.494. The molecule has 0 fully saturated rings. The third-order valence-corrected chi connectivity index (χ3v) is 1.57. The lowest BCUT2D eigenvalue weighted by Crippen LogP contribution is -1.75. The number of rotatable bonds is 1. The van der Waals surface area contributed by atoms with Gasteiger partial charge < -0.3 is 0 Å². The summed E-state index contributed by atoms with van der Waals surface area (Å²) in [5.74, 6) is 0.659. The Morgan fingerprint density at radius 3 is 2.11 bits per heavy atom. The summed E-state index contributed by atoms with van der Waals surface area (Å²) in [7, 11) is 0. The molecular weight excluding hydrogens is 108 g/mol. The van der Waals surface area contributed by atoms with Gasteiger partial charge in [-0.3, -0.25) is 0 Å². The standard InChI is InChI=1S/C9H8/c1-2-4-8(5-3-1)9-6-7-9/h1-7,9H. The van der Waals surface area contributed by atoms with Crippen LogP contribution in [0.5, 0.6) is 0 Å². The fraction of sp³-hybridized carbons (Fsp3) is 0.111. The SMILES string of the molecule is C1=CC1c1ccccc1. The maximum absolute atomic E-state index is 2.20. The Balaban J connectivity index is 2.30. The molecule has 1 aromatic carbocycles. The van der Waals surface area contributed by atoms with Crippen molar-refractivity contribution in [3.05, 3.63) is 48.0 Å². The zero-order valence-electron chi connectivity index (χ0n) is 5.12. The summed E-state index contributed by atoms with van der Waals surface area (Å²) in [6, 6.07) is 10.5. The minimum Gasteiger partial charge on any atom is -0.0763 e. The number of hydrogen-bond acceptors (Lipinski definition) is 0. The van der Waals surface area contributed by atoms with Crippen LogP contribution in [0.1, 0.15) is 11.5 Å². The van der Waals surface area contributed by atoms with Crippen LogP contribution in [0.4, 0.5) is 0 Å². The molecule has 0 bridgehead atoms. The van der Waals surface area contributed by atoms with Crippen molar-refractivity contribution in [3.8, 4) is 0 Å². The van der Waals surface area contributed by atoms with Gasteiger partial charge in [-0.05, 0) is 5.56 Å².